The molecule has 0 radical (unpaired) electrons. The first-order chi connectivity index (χ1) is 19.4. The molecule has 1 atom stereocenters. The van der Waals surface area contributed by atoms with Gasteiger partial charge in [0.05, 0.1) is 23.3 Å². The Morgan fingerprint density at radius 3 is 2.02 bits per heavy atom. The molecular formula is C37H41N3. The predicted molar refractivity (Wildman–Crippen MR) is 173 cm³/mol. The van der Waals surface area contributed by atoms with Crippen LogP contribution in [0.1, 0.15) is 51.9 Å². The highest BCUT2D eigenvalue weighted by atomic mass is 15.1. The molecule has 0 amide bonds. The maximum atomic E-state index is 5.20. The number of fused-ring (bicyclic) bond motifs is 3. The van der Waals surface area contributed by atoms with E-state index in [-0.39, 0.29) is 6.04 Å². The van der Waals surface area contributed by atoms with Crippen molar-refractivity contribution in [3.63, 3.8) is 0 Å². The van der Waals surface area contributed by atoms with E-state index in [0.717, 1.165) is 22.8 Å². The zero-order chi connectivity index (χ0) is 28.5. The van der Waals surface area contributed by atoms with Crippen LogP contribution >= 0.6 is 0 Å². The third-order valence-corrected chi connectivity index (χ3v) is 6.49. The number of hydrogen-bond acceptors (Lipinski definition) is 3. The van der Waals surface area contributed by atoms with E-state index in [1.165, 1.54) is 27.1 Å². The number of hydrogen-bond donors (Lipinski definition) is 2. The number of pyridine rings is 1. The molecule has 0 spiro atoms. The molecule has 40 heavy (non-hydrogen) atoms. The van der Waals surface area contributed by atoms with Crippen molar-refractivity contribution in [2.45, 2.75) is 46.7 Å². The fraction of sp³-hybridized carbons (Fsp3) is 0.216. The minimum absolute atomic E-state index is 0.144. The van der Waals surface area contributed by atoms with Gasteiger partial charge in [0.25, 0.3) is 0 Å². The molecule has 1 heterocycles. The van der Waals surface area contributed by atoms with E-state index in [2.05, 4.69) is 148 Å². The van der Waals surface area contributed by atoms with Crippen molar-refractivity contribution in [3.05, 3.63) is 139 Å². The van der Waals surface area contributed by atoms with Gasteiger partial charge in [-0.25, -0.2) is 0 Å². The maximum Gasteiger partial charge on any atom is 0.0958 e. The van der Waals surface area contributed by atoms with Crippen LogP contribution in [0.5, 0.6) is 0 Å². The Morgan fingerprint density at radius 1 is 0.725 bits per heavy atom. The van der Waals surface area contributed by atoms with Crippen molar-refractivity contribution < 1.29 is 0 Å². The number of nitrogens with one attached hydrogen (secondary N) is 2. The smallest absolute Gasteiger partial charge is 0.0958 e. The second-order valence-electron chi connectivity index (χ2n) is 10.7. The fourth-order valence-electron chi connectivity index (χ4n) is 4.95. The standard InChI is InChI=1S/C34H35N3.C3H6/c1-23(2)21-33(35-24(3)4)37-34(32-20-12-19-31(36-32)25-13-6-5-7-14-25)30-22-26-15-8-9-16-27(26)28-17-10-11-18-29(28)30;1-3-2/h5-24,34-35,37H,1-4H3;3H,1H2,2H3/b33-21-;. The van der Waals surface area contributed by atoms with E-state index in [1.54, 1.807) is 6.08 Å². The summed E-state index contributed by atoms with van der Waals surface area (Å²) in [6.45, 7) is 14.0. The van der Waals surface area contributed by atoms with Gasteiger partial charge in [-0.2, -0.15) is 0 Å². The van der Waals surface area contributed by atoms with E-state index in [4.69, 9.17) is 4.98 Å². The summed E-state index contributed by atoms with van der Waals surface area (Å²) in [7, 11) is 0. The minimum atomic E-state index is -0.144. The van der Waals surface area contributed by atoms with Gasteiger partial charge in [0.2, 0.25) is 0 Å². The molecule has 0 fully saturated rings. The molecule has 0 bridgehead atoms. The highest BCUT2D eigenvalue weighted by molar-refractivity contribution is 6.09. The maximum absolute atomic E-state index is 5.20. The highest BCUT2D eigenvalue weighted by Gasteiger charge is 2.21. The summed E-state index contributed by atoms with van der Waals surface area (Å²) < 4.78 is 0. The number of aromatic nitrogens is 1. The molecule has 1 aromatic heterocycles. The number of benzene rings is 4. The normalized spacial score (nSPS) is 12.2. The van der Waals surface area contributed by atoms with Gasteiger partial charge in [-0.05, 0) is 78.1 Å². The fourth-order valence-corrected chi connectivity index (χ4v) is 4.95. The zero-order valence-corrected chi connectivity index (χ0v) is 24.4. The molecule has 0 aliphatic carbocycles. The lowest BCUT2D eigenvalue weighted by Crippen LogP contribution is -2.35. The van der Waals surface area contributed by atoms with Gasteiger partial charge < -0.3 is 10.6 Å². The van der Waals surface area contributed by atoms with Crippen LogP contribution in [0, 0.1) is 5.92 Å². The number of nitrogens with zero attached hydrogens (tertiary/aromatic N) is 1. The number of allylic oxidation sites excluding steroid dienone is 2. The minimum Gasteiger partial charge on any atom is -0.370 e. The van der Waals surface area contributed by atoms with E-state index in [0.29, 0.717) is 12.0 Å². The van der Waals surface area contributed by atoms with Crippen molar-refractivity contribution in [2.75, 3.05) is 0 Å². The quantitative estimate of drug-likeness (QED) is 0.156. The van der Waals surface area contributed by atoms with Crippen molar-refractivity contribution >= 4 is 21.5 Å². The zero-order valence-electron chi connectivity index (χ0n) is 24.4. The second kappa shape index (κ2) is 13.6. The van der Waals surface area contributed by atoms with Crippen LogP contribution < -0.4 is 10.6 Å². The first-order valence-corrected chi connectivity index (χ1v) is 14.2. The highest BCUT2D eigenvalue weighted by Crippen LogP contribution is 2.35. The first-order valence-electron chi connectivity index (χ1n) is 14.2. The number of rotatable bonds is 8. The molecule has 0 saturated heterocycles. The van der Waals surface area contributed by atoms with Crippen LogP contribution in [0.4, 0.5) is 0 Å². The topological polar surface area (TPSA) is 37.0 Å². The average Bonchev–Trinajstić information content (AvgIpc) is 2.96. The van der Waals surface area contributed by atoms with Gasteiger partial charge in [-0.3, -0.25) is 4.98 Å². The van der Waals surface area contributed by atoms with E-state index in [1.807, 2.05) is 13.0 Å². The van der Waals surface area contributed by atoms with E-state index >= 15 is 0 Å². The summed E-state index contributed by atoms with van der Waals surface area (Å²) in [5, 5.41) is 12.5. The van der Waals surface area contributed by atoms with Gasteiger partial charge in [0.1, 0.15) is 0 Å². The monoisotopic (exact) mass is 527 g/mol. The summed E-state index contributed by atoms with van der Waals surface area (Å²) in [6.07, 6.45) is 4.01. The molecule has 0 saturated carbocycles. The van der Waals surface area contributed by atoms with Gasteiger partial charge in [-0.1, -0.05) is 105 Å². The third-order valence-electron chi connectivity index (χ3n) is 6.49. The SMILES string of the molecule is C=CC.CC(C)/C=C(/NC(C)C)NC(c1cccc(-c2ccccc2)n1)c1cc2ccccc2c2ccccc12. The second-order valence-corrected chi connectivity index (χ2v) is 10.7. The van der Waals surface area contributed by atoms with Crippen LogP contribution in [0.2, 0.25) is 0 Å². The predicted octanol–water partition coefficient (Wildman–Crippen LogP) is 9.42. The Balaban J connectivity index is 0.00000118. The molecular weight excluding hydrogens is 486 g/mol. The van der Waals surface area contributed by atoms with Gasteiger partial charge >= 0.3 is 0 Å². The lowest BCUT2D eigenvalue weighted by atomic mass is 9.91. The Bertz CT molecular complexity index is 1580. The molecule has 5 rings (SSSR count). The van der Waals surface area contributed by atoms with Crippen molar-refractivity contribution in [2.24, 2.45) is 5.92 Å². The summed E-state index contributed by atoms with van der Waals surface area (Å²) in [6, 6.07) is 36.6. The summed E-state index contributed by atoms with van der Waals surface area (Å²) in [4.78, 5) is 5.20. The van der Waals surface area contributed by atoms with E-state index in [9.17, 15) is 0 Å². The first kappa shape index (κ1) is 28.6. The molecule has 1 unspecified atom stereocenters. The van der Waals surface area contributed by atoms with Gasteiger partial charge in [0.15, 0.2) is 0 Å². The molecule has 0 aliphatic heterocycles. The molecule has 4 aromatic carbocycles. The lowest BCUT2D eigenvalue weighted by Gasteiger charge is -2.27. The molecule has 204 valence electrons. The molecule has 5 aromatic rings. The van der Waals surface area contributed by atoms with Crippen LogP contribution in [-0.2, 0) is 0 Å². The van der Waals surface area contributed by atoms with Gasteiger partial charge in [-0.15, -0.1) is 6.58 Å². The summed E-state index contributed by atoms with van der Waals surface area (Å²) in [5.74, 6) is 1.42. The van der Waals surface area contributed by atoms with Crippen molar-refractivity contribution in [1.82, 2.24) is 15.6 Å². The van der Waals surface area contributed by atoms with E-state index < -0.39 is 0 Å². The average molecular weight is 528 g/mol. The molecule has 3 nitrogen and oxygen atoms in total. The Morgan fingerprint density at radius 2 is 1.35 bits per heavy atom. The van der Waals surface area contributed by atoms with Crippen molar-refractivity contribution in [3.8, 4) is 11.3 Å². The van der Waals surface area contributed by atoms with Crippen LogP contribution in [0.3, 0.4) is 0 Å². The Hall–Kier alpha value is -4.37. The van der Waals surface area contributed by atoms with Gasteiger partial charge in [0, 0.05) is 11.6 Å². The molecule has 0 aliphatic rings. The van der Waals surface area contributed by atoms with Crippen molar-refractivity contribution in [1.29, 1.82) is 0 Å². The van der Waals surface area contributed by atoms with Crippen LogP contribution in [0.15, 0.2) is 128 Å². The van der Waals surface area contributed by atoms with Crippen LogP contribution in [0.25, 0.3) is 32.8 Å². The Labute approximate surface area is 239 Å². The molecule has 3 heteroatoms. The largest absolute Gasteiger partial charge is 0.370 e. The molecule has 2 N–H and O–H groups in total. The lowest BCUT2D eigenvalue weighted by molar-refractivity contribution is 0.560. The summed E-state index contributed by atoms with van der Waals surface area (Å²) >= 11 is 0. The van der Waals surface area contributed by atoms with Crippen LogP contribution in [-0.4, -0.2) is 11.0 Å². The third kappa shape index (κ3) is 6.98. The summed E-state index contributed by atoms with van der Waals surface area (Å²) in [5.41, 5.74) is 4.29. The Kier molecular flexibility index (Phi) is 9.75.